The van der Waals surface area contributed by atoms with Crippen molar-refractivity contribution in [1.82, 2.24) is 9.80 Å². The second-order valence-corrected chi connectivity index (χ2v) is 6.11. The normalized spacial score (nSPS) is 26.6. The average Bonchev–Trinajstić information content (AvgIpc) is 2.09. The first-order valence-corrected chi connectivity index (χ1v) is 6.63. The Bertz CT molecular complexity index is 236. The van der Waals surface area contributed by atoms with Gasteiger partial charge in [0.2, 0.25) is 0 Å². The molecule has 2 aliphatic carbocycles. The molecule has 2 fully saturated rings. The summed E-state index contributed by atoms with van der Waals surface area (Å²) in [5.74, 6) is 0. The maximum atomic E-state index is 5.97. The molecule has 16 heavy (non-hydrogen) atoms. The van der Waals surface area contributed by atoms with Gasteiger partial charge in [0, 0.05) is 24.2 Å². The highest BCUT2D eigenvalue weighted by Crippen LogP contribution is 2.41. The molecule has 2 saturated carbocycles. The first kappa shape index (κ1) is 12.3. The van der Waals surface area contributed by atoms with Crippen LogP contribution < -0.4 is 5.73 Å². The molecule has 3 heteroatoms. The highest BCUT2D eigenvalue weighted by Gasteiger charge is 2.46. The van der Waals surface area contributed by atoms with Crippen molar-refractivity contribution in [3.63, 3.8) is 0 Å². The Kier molecular flexibility index (Phi) is 3.30. The zero-order valence-corrected chi connectivity index (χ0v) is 11.1. The van der Waals surface area contributed by atoms with Gasteiger partial charge in [-0.15, -0.1) is 0 Å². The number of nitrogens with two attached hydrogens (primary N) is 1. The lowest BCUT2D eigenvalue weighted by Crippen LogP contribution is -2.64. The molecule has 0 saturated heterocycles. The van der Waals surface area contributed by atoms with E-state index in [4.69, 9.17) is 5.73 Å². The Hall–Kier alpha value is -0.120. The number of nitrogens with zero attached hydrogens (tertiary/aromatic N) is 2. The summed E-state index contributed by atoms with van der Waals surface area (Å²) >= 11 is 0. The molecule has 0 aliphatic heterocycles. The predicted molar refractivity (Wildman–Crippen MR) is 68.5 cm³/mol. The van der Waals surface area contributed by atoms with Crippen LogP contribution in [0.15, 0.2) is 0 Å². The van der Waals surface area contributed by atoms with Crippen LogP contribution in [0.3, 0.4) is 0 Å². The van der Waals surface area contributed by atoms with Gasteiger partial charge in [0.25, 0.3) is 0 Å². The fraction of sp³-hybridized carbons (Fsp3) is 1.00. The van der Waals surface area contributed by atoms with E-state index in [1.54, 1.807) is 0 Å². The van der Waals surface area contributed by atoms with Crippen LogP contribution in [0.5, 0.6) is 0 Å². The number of likely N-dealkylation sites (N-methyl/N-ethyl adjacent to an activating group) is 2. The number of rotatable bonds is 5. The molecule has 0 unspecified atom stereocenters. The second kappa shape index (κ2) is 4.28. The van der Waals surface area contributed by atoms with Crippen LogP contribution in [0.4, 0.5) is 0 Å². The summed E-state index contributed by atoms with van der Waals surface area (Å²) < 4.78 is 0. The van der Waals surface area contributed by atoms with E-state index in [9.17, 15) is 0 Å². The summed E-state index contributed by atoms with van der Waals surface area (Å²) in [5, 5.41) is 0. The predicted octanol–water partition coefficient (Wildman–Crippen LogP) is 1.28. The van der Waals surface area contributed by atoms with E-state index >= 15 is 0 Å². The monoisotopic (exact) mass is 225 g/mol. The van der Waals surface area contributed by atoms with E-state index in [1.807, 2.05) is 0 Å². The van der Waals surface area contributed by atoms with Gasteiger partial charge >= 0.3 is 0 Å². The molecular weight excluding hydrogens is 198 g/mol. The van der Waals surface area contributed by atoms with Crippen molar-refractivity contribution in [2.75, 3.05) is 34.2 Å². The van der Waals surface area contributed by atoms with Crippen LogP contribution >= 0.6 is 0 Å². The average molecular weight is 225 g/mol. The molecule has 0 aromatic rings. The van der Waals surface area contributed by atoms with Crippen LogP contribution in [0.2, 0.25) is 0 Å². The Morgan fingerprint density at radius 1 is 0.938 bits per heavy atom. The Balaban J connectivity index is 1.98. The van der Waals surface area contributed by atoms with Crippen molar-refractivity contribution in [3.8, 4) is 0 Å². The lowest BCUT2D eigenvalue weighted by atomic mass is 9.71. The molecule has 0 heterocycles. The van der Waals surface area contributed by atoms with E-state index in [2.05, 4.69) is 30.9 Å². The van der Waals surface area contributed by atoms with E-state index in [-0.39, 0.29) is 0 Å². The molecule has 0 spiro atoms. The summed E-state index contributed by atoms with van der Waals surface area (Å²) in [6.07, 6.45) is 8.04. The summed E-state index contributed by atoms with van der Waals surface area (Å²) in [4.78, 5) is 4.98. The number of hydrogen-bond donors (Lipinski definition) is 1. The van der Waals surface area contributed by atoms with Crippen LogP contribution in [-0.2, 0) is 0 Å². The van der Waals surface area contributed by atoms with Crippen molar-refractivity contribution >= 4 is 0 Å². The van der Waals surface area contributed by atoms with E-state index in [0.29, 0.717) is 11.1 Å². The van der Waals surface area contributed by atoms with Gasteiger partial charge in [0.15, 0.2) is 0 Å². The largest absolute Gasteiger partial charge is 0.329 e. The standard InChI is InChI=1S/C13H27N3/c1-15(2)13(8-5-9-13)11-16(3)12(10-14)6-4-7-12/h4-11,14H2,1-3H3. The van der Waals surface area contributed by atoms with Crippen LogP contribution in [-0.4, -0.2) is 55.1 Å². The third kappa shape index (κ3) is 1.79. The quantitative estimate of drug-likeness (QED) is 0.765. The SMILES string of the molecule is CN(C)C1(CN(C)C2(CN)CCC2)CCC1. The van der Waals surface area contributed by atoms with Gasteiger partial charge in [-0.05, 0) is 59.7 Å². The third-order valence-electron chi connectivity index (χ3n) is 5.24. The molecule has 2 N–H and O–H groups in total. The molecular formula is C13H27N3. The minimum absolute atomic E-state index is 0.332. The van der Waals surface area contributed by atoms with Crippen molar-refractivity contribution in [1.29, 1.82) is 0 Å². The first-order valence-electron chi connectivity index (χ1n) is 6.63. The summed E-state index contributed by atoms with van der Waals surface area (Å²) in [5.41, 5.74) is 6.74. The van der Waals surface area contributed by atoms with E-state index < -0.39 is 0 Å². The highest BCUT2D eigenvalue weighted by atomic mass is 15.3. The molecule has 3 nitrogen and oxygen atoms in total. The molecule has 0 radical (unpaired) electrons. The topological polar surface area (TPSA) is 32.5 Å². The Morgan fingerprint density at radius 3 is 1.69 bits per heavy atom. The maximum absolute atomic E-state index is 5.97. The molecule has 0 aromatic heterocycles. The van der Waals surface area contributed by atoms with Gasteiger partial charge in [-0.25, -0.2) is 0 Å². The van der Waals surface area contributed by atoms with Gasteiger partial charge < -0.3 is 10.6 Å². The fourth-order valence-corrected chi connectivity index (χ4v) is 3.27. The Labute approximate surface area is 100.0 Å². The van der Waals surface area contributed by atoms with Crippen molar-refractivity contribution in [2.24, 2.45) is 5.73 Å². The van der Waals surface area contributed by atoms with Crippen LogP contribution in [0.1, 0.15) is 38.5 Å². The molecule has 2 aliphatic rings. The molecule has 2 rings (SSSR count). The summed E-state index contributed by atoms with van der Waals surface area (Å²) in [6.45, 7) is 2.02. The summed E-state index contributed by atoms with van der Waals surface area (Å²) in [7, 11) is 6.72. The number of hydrogen-bond acceptors (Lipinski definition) is 3. The van der Waals surface area contributed by atoms with Crippen molar-refractivity contribution < 1.29 is 0 Å². The molecule has 0 atom stereocenters. The lowest BCUT2D eigenvalue weighted by Gasteiger charge is -2.55. The second-order valence-electron chi connectivity index (χ2n) is 6.11. The molecule has 0 bridgehead atoms. The lowest BCUT2D eigenvalue weighted by molar-refractivity contribution is -0.0335. The molecule has 0 aromatic carbocycles. The van der Waals surface area contributed by atoms with E-state index in [1.165, 1.54) is 45.1 Å². The van der Waals surface area contributed by atoms with Crippen molar-refractivity contribution in [2.45, 2.75) is 49.6 Å². The van der Waals surface area contributed by atoms with Gasteiger partial charge in [-0.2, -0.15) is 0 Å². The highest BCUT2D eigenvalue weighted by molar-refractivity contribution is 5.04. The van der Waals surface area contributed by atoms with Gasteiger partial charge in [-0.1, -0.05) is 0 Å². The summed E-state index contributed by atoms with van der Waals surface area (Å²) in [6, 6.07) is 0. The van der Waals surface area contributed by atoms with Crippen LogP contribution in [0, 0.1) is 0 Å². The maximum Gasteiger partial charge on any atom is 0.0330 e. The third-order valence-corrected chi connectivity index (χ3v) is 5.24. The zero-order valence-electron chi connectivity index (χ0n) is 11.1. The zero-order chi connectivity index (χ0) is 11.8. The molecule has 0 amide bonds. The molecule has 94 valence electrons. The van der Waals surface area contributed by atoms with Crippen molar-refractivity contribution in [3.05, 3.63) is 0 Å². The first-order chi connectivity index (χ1) is 7.55. The van der Waals surface area contributed by atoms with Gasteiger partial charge in [0.05, 0.1) is 0 Å². The minimum atomic E-state index is 0.332. The van der Waals surface area contributed by atoms with E-state index in [0.717, 1.165) is 6.54 Å². The fourth-order valence-electron chi connectivity index (χ4n) is 3.27. The smallest absolute Gasteiger partial charge is 0.0330 e. The van der Waals surface area contributed by atoms with Gasteiger partial charge in [0.1, 0.15) is 0 Å². The minimum Gasteiger partial charge on any atom is -0.329 e. The van der Waals surface area contributed by atoms with Crippen LogP contribution in [0.25, 0.3) is 0 Å². The Morgan fingerprint density at radius 2 is 1.44 bits per heavy atom. The van der Waals surface area contributed by atoms with Gasteiger partial charge in [-0.3, -0.25) is 4.90 Å².